The van der Waals surface area contributed by atoms with E-state index in [0.29, 0.717) is 5.56 Å². The van der Waals surface area contributed by atoms with Crippen molar-refractivity contribution in [2.75, 3.05) is 12.4 Å². The van der Waals surface area contributed by atoms with Crippen LogP contribution in [-0.2, 0) is 0 Å². The second kappa shape index (κ2) is 6.54. The lowest BCUT2D eigenvalue weighted by Crippen LogP contribution is -2.29. The van der Waals surface area contributed by atoms with Gasteiger partial charge in [0.05, 0.1) is 18.1 Å². The number of hydrogen-bond acceptors (Lipinski definition) is 5. The Kier molecular flexibility index (Phi) is 4.18. The highest BCUT2D eigenvalue weighted by Gasteiger charge is 2.38. The van der Waals surface area contributed by atoms with E-state index < -0.39 is 4.92 Å². The Morgan fingerprint density at radius 1 is 1.26 bits per heavy atom. The summed E-state index contributed by atoms with van der Waals surface area (Å²) in [6.45, 7) is 1.57. The first-order valence-electron chi connectivity index (χ1n) is 8.90. The molecule has 0 spiro atoms. The van der Waals surface area contributed by atoms with Crippen LogP contribution in [0.1, 0.15) is 46.8 Å². The molecule has 2 aromatic carbocycles. The minimum absolute atomic E-state index is 0.0305. The first kappa shape index (κ1) is 17.3. The molecule has 4 rings (SSSR count). The third-order valence-electron chi connectivity index (χ3n) is 5.53. The molecule has 0 saturated carbocycles. The number of benzene rings is 2. The third-order valence-corrected chi connectivity index (χ3v) is 5.53. The van der Waals surface area contributed by atoms with Crippen molar-refractivity contribution in [3.63, 3.8) is 0 Å². The first-order valence-corrected chi connectivity index (χ1v) is 8.90. The Labute approximate surface area is 157 Å². The molecule has 0 saturated heterocycles. The number of carbonyl (C=O) groups is 1. The standard InChI is InChI=1S/C21H20N2O4/c1-12(24)13-6-8-18-17(10-13)15-4-3-5-16(15)21(22-18)14-7-9-20(27-2)19(11-14)23(25)26/h3-4,6-11,15-16,21-22H,5H2,1-2H3/t15-,16-,21+/m1/s1. The van der Waals surface area contributed by atoms with Gasteiger partial charge in [0.2, 0.25) is 0 Å². The Bertz CT molecular complexity index is 967. The van der Waals surface area contributed by atoms with Gasteiger partial charge in [0.15, 0.2) is 11.5 Å². The van der Waals surface area contributed by atoms with Crippen molar-refractivity contribution < 1.29 is 14.5 Å². The molecule has 0 unspecified atom stereocenters. The lowest BCUT2D eigenvalue weighted by atomic mass is 9.76. The molecule has 27 heavy (non-hydrogen) atoms. The van der Waals surface area contributed by atoms with Crippen LogP contribution in [0, 0.1) is 16.0 Å². The number of carbonyl (C=O) groups excluding carboxylic acids is 1. The maximum atomic E-state index is 11.8. The number of nitro benzene ring substituents is 1. The second-order valence-corrected chi connectivity index (χ2v) is 7.02. The van der Waals surface area contributed by atoms with Crippen LogP contribution in [0.2, 0.25) is 0 Å². The number of allylic oxidation sites excluding steroid dienone is 2. The fourth-order valence-electron chi connectivity index (χ4n) is 4.19. The van der Waals surface area contributed by atoms with Crippen molar-refractivity contribution in [3.8, 4) is 5.75 Å². The molecule has 0 bridgehead atoms. The van der Waals surface area contributed by atoms with Gasteiger partial charge in [-0.2, -0.15) is 0 Å². The van der Waals surface area contributed by atoms with Gasteiger partial charge in [-0.05, 0) is 54.7 Å². The number of nitro groups is 1. The van der Waals surface area contributed by atoms with E-state index in [1.807, 2.05) is 24.3 Å². The molecule has 0 amide bonds. The highest BCUT2D eigenvalue weighted by Crippen LogP contribution is 2.50. The summed E-state index contributed by atoms with van der Waals surface area (Å²) in [6, 6.07) is 10.8. The molecule has 6 nitrogen and oxygen atoms in total. The molecule has 0 fully saturated rings. The quantitative estimate of drug-likeness (QED) is 0.370. The lowest BCUT2D eigenvalue weighted by Gasteiger charge is -2.37. The summed E-state index contributed by atoms with van der Waals surface area (Å²) in [7, 11) is 1.43. The lowest BCUT2D eigenvalue weighted by molar-refractivity contribution is -0.385. The van der Waals surface area contributed by atoms with Crippen LogP contribution in [-0.4, -0.2) is 17.8 Å². The zero-order chi connectivity index (χ0) is 19.1. The Morgan fingerprint density at radius 3 is 2.78 bits per heavy atom. The van der Waals surface area contributed by atoms with Gasteiger partial charge >= 0.3 is 5.69 Å². The summed E-state index contributed by atoms with van der Waals surface area (Å²) in [5.74, 6) is 0.732. The summed E-state index contributed by atoms with van der Waals surface area (Å²) < 4.78 is 5.12. The van der Waals surface area contributed by atoms with Gasteiger partial charge in [0.1, 0.15) is 0 Å². The van der Waals surface area contributed by atoms with Crippen LogP contribution in [0.15, 0.2) is 48.6 Å². The van der Waals surface area contributed by atoms with Crippen molar-refractivity contribution in [3.05, 3.63) is 75.4 Å². The van der Waals surface area contributed by atoms with Gasteiger partial charge in [-0.1, -0.05) is 18.2 Å². The minimum atomic E-state index is -0.414. The molecule has 1 aliphatic carbocycles. The summed E-state index contributed by atoms with van der Waals surface area (Å²) in [5, 5.41) is 14.9. The number of anilines is 1. The fraction of sp³-hybridized carbons (Fsp3) is 0.286. The van der Waals surface area contributed by atoms with E-state index in [0.717, 1.165) is 23.2 Å². The van der Waals surface area contributed by atoms with Crippen molar-refractivity contribution in [2.45, 2.75) is 25.3 Å². The van der Waals surface area contributed by atoms with Gasteiger partial charge in [-0.15, -0.1) is 0 Å². The van der Waals surface area contributed by atoms with Crippen LogP contribution in [0.25, 0.3) is 0 Å². The molecule has 1 aliphatic heterocycles. The van der Waals surface area contributed by atoms with Gasteiger partial charge in [0.25, 0.3) is 0 Å². The molecular formula is C21H20N2O4. The number of methoxy groups -OCH3 is 1. The van der Waals surface area contributed by atoms with Crippen LogP contribution < -0.4 is 10.1 Å². The largest absolute Gasteiger partial charge is 0.490 e. The van der Waals surface area contributed by atoms with E-state index in [9.17, 15) is 14.9 Å². The van der Waals surface area contributed by atoms with Crippen LogP contribution in [0.4, 0.5) is 11.4 Å². The summed E-state index contributed by atoms with van der Waals surface area (Å²) in [4.78, 5) is 22.7. The van der Waals surface area contributed by atoms with Gasteiger partial charge in [-0.25, -0.2) is 0 Å². The number of ether oxygens (including phenoxy) is 1. The van der Waals surface area contributed by atoms with E-state index >= 15 is 0 Å². The van der Waals surface area contributed by atoms with Gasteiger partial charge in [-0.3, -0.25) is 14.9 Å². The highest BCUT2D eigenvalue weighted by molar-refractivity contribution is 5.95. The average Bonchev–Trinajstić information content (AvgIpc) is 3.16. The predicted molar refractivity (Wildman–Crippen MR) is 102 cm³/mol. The molecule has 138 valence electrons. The highest BCUT2D eigenvalue weighted by atomic mass is 16.6. The predicted octanol–water partition coefficient (Wildman–Crippen LogP) is 4.63. The van der Waals surface area contributed by atoms with Crippen molar-refractivity contribution in [2.24, 2.45) is 5.92 Å². The minimum Gasteiger partial charge on any atom is -0.490 e. The van der Waals surface area contributed by atoms with Gasteiger partial charge < -0.3 is 10.1 Å². The molecule has 0 radical (unpaired) electrons. The normalized spacial score (nSPS) is 22.5. The topological polar surface area (TPSA) is 81.5 Å². The van der Waals surface area contributed by atoms with Crippen molar-refractivity contribution >= 4 is 17.2 Å². The van der Waals surface area contributed by atoms with E-state index in [2.05, 4.69) is 17.5 Å². The smallest absolute Gasteiger partial charge is 0.311 e. The maximum absolute atomic E-state index is 11.8. The molecule has 1 heterocycles. The number of Topliss-reactive ketones (excluding diaryl/α,β-unsaturated/α-hetero) is 1. The van der Waals surface area contributed by atoms with Crippen LogP contribution in [0.5, 0.6) is 5.75 Å². The number of hydrogen-bond donors (Lipinski definition) is 1. The summed E-state index contributed by atoms with van der Waals surface area (Å²) in [5.41, 5.74) is 3.62. The SMILES string of the molecule is COc1ccc([C@@H]2Nc3ccc(C(C)=O)cc3[C@@H]3C=CC[C@H]32)cc1[N+](=O)[O-]. The monoisotopic (exact) mass is 364 g/mol. The number of fused-ring (bicyclic) bond motifs is 3. The van der Waals surface area contributed by atoms with E-state index in [1.165, 1.54) is 7.11 Å². The van der Waals surface area contributed by atoms with E-state index in [1.54, 1.807) is 19.1 Å². The molecule has 0 aromatic heterocycles. The van der Waals surface area contributed by atoms with E-state index in [-0.39, 0.29) is 35.1 Å². The number of rotatable bonds is 4. The number of nitrogens with one attached hydrogen (secondary N) is 1. The molecule has 2 aliphatic rings. The molecular weight excluding hydrogens is 344 g/mol. The van der Waals surface area contributed by atoms with E-state index in [4.69, 9.17) is 4.74 Å². The molecule has 3 atom stereocenters. The summed E-state index contributed by atoms with van der Waals surface area (Å²) in [6.07, 6.45) is 5.21. The molecule has 2 aromatic rings. The zero-order valence-corrected chi connectivity index (χ0v) is 15.1. The zero-order valence-electron chi connectivity index (χ0n) is 15.1. The maximum Gasteiger partial charge on any atom is 0.311 e. The van der Waals surface area contributed by atoms with Crippen molar-refractivity contribution in [1.29, 1.82) is 0 Å². The van der Waals surface area contributed by atoms with Crippen LogP contribution in [0.3, 0.4) is 0 Å². The number of ketones is 1. The first-order chi connectivity index (χ1) is 13.0. The molecule has 6 heteroatoms. The third kappa shape index (κ3) is 2.87. The molecule has 1 N–H and O–H groups in total. The van der Waals surface area contributed by atoms with Crippen LogP contribution >= 0.6 is 0 Å². The number of nitrogens with zero attached hydrogens (tertiary/aromatic N) is 1. The Morgan fingerprint density at radius 2 is 2.07 bits per heavy atom. The average molecular weight is 364 g/mol. The summed E-state index contributed by atoms with van der Waals surface area (Å²) >= 11 is 0. The fourth-order valence-corrected chi connectivity index (χ4v) is 4.19. The Hall–Kier alpha value is -3.15. The second-order valence-electron chi connectivity index (χ2n) is 7.02. The van der Waals surface area contributed by atoms with Gasteiger partial charge in [0, 0.05) is 23.2 Å². The Balaban J connectivity index is 1.77. The van der Waals surface area contributed by atoms with Crippen molar-refractivity contribution in [1.82, 2.24) is 0 Å².